The van der Waals surface area contributed by atoms with E-state index in [2.05, 4.69) is 20.7 Å². The number of hydrogen-bond acceptors (Lipinski definition) is 4. The highest BCUT2D eigenvalue weighted by atomic mass is 79.9. The Morgan fingerprint density at radius 2 is 1.83 bits per heavy atom. The molecule has 0 atom stereocenters. The molecule has 0 saturated carbocycles. The van der Waals surface area contributed by atoms with Crippen molar-refractivity contribution < 1.29 is 31.1 Å². The van der Waals surface area contributed by atoms with Gasteiger partial charge in [0.25, 0.3) is 0 Å². The summed E-state index contributed by atoms with van der Waals surface area (Å²) in [5.74, 6) is -0.813. The lowest BCUT2D eigenvalue weighted by atomic mass is 10.1. The highest BCUT2D eigenvalue weighted by Crippen LogP contribution is 2.28. The SMILES string of the molecule is O=C(CCc1cc(Br)ccc1OC(F)F)N1CC(S(=O)(=O)c2ccc(F)cc2)C1. The van der Waals surface area contributed by atoms with E-state index in [0.717, 1.165) is 12.1 Å². The van der Waals surface area contributed by atoms with Gasteiger partial charge in [0, 0.05) is 24.0 Å². The van der Waals surface area contributed by atoms with Gasteiger partial charge >= 0.3 is 6.61 Å². The summed E-state index contributed by atoms with van der Waals surface area (Å²) >= 11 is 3.25. The average Bonchev–Trinajstić information content (AvgIpc) is 2.60. The van der Waals surface area contributed by atoms with Gasteiger partial charge in [-0.2, -0.15) is 8.78 Å². The van der Waals surface area contributed by atoms with Crippen LogP contribution < -0.4 is 4.74 Å². The van der Waals surface area contributed by atoms with E-state index in [1.807, 2.05) is 0 Å². The minimum Gasteiger partial charge on any atom is -0.435 e. The molecule has 1 aliphatic rings. The first kappa shape index (κ1) is 21.6. The second-order valence-electron chi connectivity index (χ2n) is 6.55. The molecule has 3 rings (SSSR count). The van der Waals surface area contributed by atoms with Gasteiger partial charge in [-0.05, 0) is 54.4 Å². The molecule has 1 heterocycles. The first-order chi connectivity index (χ1) is 13.7. The zero-order valence-electron chi connectivity index (χ0n) is 15.0. The predicted molar refractivity (Wildman–Crippen MR) is 103 cm³/mol. The average molecular weight is 492 g/mol. The van der Waals surface area contributed by atoms with Crippen molar-refractivity contribution in [1.82, 2.24) is 4.90 Å². The van der Waals surface area contributed by atoms with Crippen molar-refractivity contribution in [2.24, 2.45) is 0 Å². The molecule has 0 unspecified atom stereocenters. The molecule has 1 saturated heterocycles. The predicted octanol–water partition coefficient (Wildman–Crippen LogP) is 3.81. The Morgan fingerprint density at radius 3 is 2.45 bits per heavy atom. The Morgan fingerprint density at radius 1 is 1.17 bits per heavy atom. The highest BCUT2D eigenvalue weighted by Gasteiger charge is 2.40. The summed E-state index contributed by atoms with van der Waals surface area (Å²) in [6.45, 7) is -2.90. The van der Waals surface area contributed by atoms with Crippen LogP contribution in [0.3, 0.4) is 0 Å². The summed E-state index contributed by atoms with van der Waals surface area (Å²) in [5.41, 5.74) is 0.448. The lowest BCUT2D eigenvalue weighted by Gasteiger charge is -2.38. The molecule has 156 valence electrons. The van der Waals surface area contributed by atoms with E-state index >= 15 is 0 Å². The van der Waals surface area contributed by atoms with E-state index in [9.17, 15) is 26.4 Å². The Labute approximate surface area is 174 Å². The molecule has 0 aromatic heterocycles. The molecule has 1 amide bonds. The van der Waals surface area contributed by atoms with Gasteiger partial charge in [-0.3, -0.25) is 4.79 Å². The third-order valence-corrected chi connectivity index (χ3v) is 7.23. The number of carbonyl (C=O) groups is 1. The number of sulfone groups is 1. The fourth-order valence-corrected chi connectivity index (χ4v) is 5.07. The minimum absolute atomic E-state index is 0.00336. The van der Waals surface area contributed by atoms with Crippen LogP contribution in [0.15, 0.2) is 51.8 Å². The maximum Gasteiger partial charge on any atom is 0.387 e. The van der Waals surface area contributed by atoms with Crippen LogP contribution >= 0.6 is 15.9 Å². The van der Waals surface area contributed by atoms with E-state index < -0.39 is 27.5 Å². The number of carbonyl (C=O) groups excluding carboxylic acids is 1. The van der Waals surface area contributed by atoms with E-state index in [0.29, 0.717) is 10.0 Å². The third-order valence-electron chi connectivity index (χ3n) is 4.63. The van der Waals surface area contributed by atoms with E-state index in [1.165, 1.54) is 23.1 Å². The molecular weight excluding hydrogens is 475 g/mol. The molecule has 0 aliphatic carbocycles. The summed E-state index contributed by atoms with van der Waals surface area (Å²) in [6, 6.07) is 9.11. The summed E-state index contributed by atoms with van der Waals surface area (Å²) in [7, 11) is -3.65. The van der Waals surface area contributed by atoms with Crippen LogP contribution in [0.2, 0.25) is 0 Å². The van der Waals surface area contributed by atoms with Gasteiger partial charge in [0.15, 0.2) is 9.84 Å². The van der Waals surface area contributed by atoms with Gasteiger partial charge in [0.05, 0.1) is 4.90 Å². The number of hydrogen-bond donors (Lipinski definition) is 0. The first-order valence-corrected chi connectivity index (χ1v) is 11.0. The van der Waals surface area contributed by atoms with Crippen LogP contribution in [0.4, 0.5) is 13.2 Å². The third kappa shape index (κ3) is 5.11. The zero-order valence-corrected chi connectivity index (χ0v) is 17.4. The van der Waals surface area contributed by atoms with Gasteiger partial charge in [-0.25, -0.2) is 12.8 Å². The molecule has 0 spiro atoms. The summed E-state index contributed by atoms with van der Waals surface area (Å²) in [6.07, 6.45) is 0.200. The standard InChI is InChI=1S/C19H17BrF3NO4S/c20-13-2-7-17(28-19(22)23)12(9-13)1-8-18(25)24-10-16(11-24)29(26,27)15-5-3-14(21)4-6-15/h2-7,9,16,19H,1,8,10-11H2. The molecule has 0 radical (unpaired) electrons. The molecule has 0 N–H and O–H groups in total. The number of amides is 1. The number of aryl methyl sites for hydroxylation is 1. The quantitative estimate of drug-likeness (QED) is 0.552. The number of ether oxygens (including phenoxy) is 1. The lowest BCUT2D eigenvalue weighted by molar-refractivity contribution is -0.134. The number of rotatable bonds is 7. The number of likely N-dealkylation sites (tertiary alicyclic amines) is 1. The van der Waals surface area contributed by atoms with Crippen molar-refractivity contribution in [3.63, 3.8) is 0 Å². The molecular formula is C19H17BrF3NO4S. The molecule has 2 aromatic carbocycles. The van der Waals surface area contributed by atoms with Crippen LogP contribution in [0.25, 0.3) is 0 Å². The van der Waals surface area contributed by atoms with Crippen molar-refractivity contribution >= 4 is 31.7 Å². The van der Waals surface area contributed by atoms with Crippen LogP contribution in [0, 0.1) is 5.82 Å². The Bertz CT molecular complexity index is 993. The monoisotopic (exact) mass is 491 g/mol. The summed E-state index contributed by atoms with van der Waals surface area (Å²) < 4.78 is 68.2. The van der Waals surface area contributed by atoms with Gasteiger partial charge in [-0.1, -0.05) is 15.9 Å². The Kier molecular flexibility index (Phi) is 6.52. The van der Waals surface area contributed by atoms with Crippen molar-refractivity contribution in [2.75, 3.05) is 13.1 Å². The van der Waals surface area contributed by atoms with E-state index in [4.69, 9.17) is 0 Å². The van der Waals surface area contributed by atoms with Gasteiger partial charge in [-0.15, -0.1) is 0 Å². The van der Waals surface area contributed by atoms with Gasteiger partial charge < -0.3 is 9.64 Å². The molecule has 29 heavy (non-hydrogen) atoms. The Balaban J connectivity index is 1.58. The largest absolute Gasteiger partial charge is 0.435 e. The smallest absolute Gasteiger partial charge is 0.387 e. The molecule has 0 bridgehead atoms. The van der Waals surface area contributed by atoms with Crippen molar-refractivity contribution in [3.8, 4) is 5.75 Å². The Hall–Kier alpha value is -2.07. The van der Waals surface area contributed by atoms with E-state index in [-0.39, 0.29) is 42.5 Å². The van der Waals surface area contributed by atoms with Crippen molar-refractivity contribution in [2.45, 2.75) is 29.6 Å². The maximum absolute atomic E-state index is 13.0. The first-order valence-electron chi connectivity index (χ1n) is 8.67. The fraction of sp³-hybridized carbons (Fsp3) is 0.316. The normalized spacial score (nSPS) is 14.7. The second-order valence-corrected chi connectivity index (χ2v) is 9.69. The van der Waals surface area contributed by atoms with Crippen LogP contribution in [-0.2, 0) is 21.1 Å². The van der Waals surface area contributed by atoms with Crippen LogP contribution in [0.5, 0.6) is 5.75 Å². The zero-order chi connectivity index (χ0) is 21.2. The van der Waals surface area contributed by atoms with Gasteiger partial charge in [0.2, 0.25) is 5.91 Å². The van der Waals surface area contributed by atoms with Crippen LogP contribution in [0.1, 0.15) is 12.0 Å². The topological polar surface area (TPSA) is 63.7 Å². The highest BCUT2D eigenvalue weighted by molar-refractivity contribution is 9.10. The number of benzene rings is 2. The maximum atomic E-state index is 13.0. The van der Waals surface area contributed by atoms with Crippen molar-refractivity contribution in [1.29, 1.82) is 0 Å². The minimum atomic E-state index is -3.65. The lowest BCUT2D eigenvalue weighted by Crippen LogP contribution is -2.56. The molecule has 10 heteroatoms. The number of nitrogens with zero attached hydrogens (tertiary/aromatic N) is 1. The molecule has 1 aliphatic heterocycles. The molecule has 1 fully saturated rings. The fourth-order valence-electron chi connectivity index (χ4n) is 3.01. The number of halogens is 4. The molecule has 2 aromatic rings. The van der Waals surface area contributed by atoms with Crippen LogP contribution in [-0.4, -0.2) is 44.2 Å². The summed E-state index contributed by atoms with van der Waals surface area (Å²) in [5, 5.41) is -0.750. The second kappa shape index (κ2) is 8.74. The van der Waals surface area contributed by atoms with E-state index in [1.54, 1.807) is 12.1 Å². The molecule has 5 nitrogen and oxygen atoms in total. The van der Waals surface area contributed by atoms with Gasteiger partial charge in [0.1, 0.15) is 16.8 Å². The summed E-state index contributed by atoms with van der Waals surface area (Å²) in [4.78, 5) is 13.8. The number of alkyl halides is 2. The van der Waals surface area contributed by atoms with Crippen molar-refractivity contribution in [3.05, 3.63) is 58.3 Å².